The van der Waals surface area contributed by atoms with E-state index in [-0.39, 0.29) is 6.79 Å². The van der Waals surface area contributed by atoms with Crippen LogP contribution in [0.4, 0.5) is 0 Å². The third kappa shape index (κ3) is 3.32. The van der Waals surface area contributed by atoms with E-state index in [2.05, 4.69) is 0 Å². The van der Waals surface area contributed by atoms with E-state index >= 15 is 0 Å². The molecule has 1 aromatic carbocycles. The second kappa shape index (κ2) is 5.97. The molecule has 1 aliphatic rings. The van der Waals surface area contributed by atoms with Crippen LogP contribution in [-0.2, 0) is 14.0 Å². The molecule has 21 heavy (non-hydrogen) atoms. The number of methoxy groups -OCH3 is 1. The van der Waals surface area contributed by atoms with Gasteiger partial charge in [-0.15, -0.1) is 0 Å². The van der Waals surface area contributed by atoms with Gasteiger partial charge in [0.05, 0.1) is 16.2 Å². The molecule has 0 atom stereocenters. The van der Waals surface area contributed by atoms with E-state index in [1.807, 2.05) is 27.7 Å². The van der Waals surface area contributed by atoms with Gasteiger partial charge >= 0.3 is 7.12 Å². The number of halogens is 2. The van der Waals surface area contributed by atoms with Crippen LogP contribution in [0.25, 0.3) is 0 Å². The van der Waals surface area contributed by atoms with Gasteiger partial charge in [-0.05, 0) is 45.3 Å². The number of hydrogen-bond donors (Lipinski definition) is 0. The van der Waals surface area contributed by atoms with Crippen LogP contribution in [0.5, 0.6) is 5.75 Å². The van der Waals surface area contributed by atoms with E-state index in [0.29, 0.717) is 15.8 Å². The first kappa shape index (κ1) is 16.9. The Morgan fingerprint density at radius 3 is 2.19 bits per heavy atom. The highest BCUT2D eigenvalue weighted by molar-refractivity contribution is 6.62. The molecule has 0 bridgehead atoms. The van der Waals surface area contributed by atoms with Crippen molar-refractivity contribution in [2.24, 2.45) is 0 Å². The molecule has 0 amide bonds. The van der Waals surface area contributed by atoms with Gasteiger partial charge in [0.25, 0.3) is 0 Å². The maximum Gasteiger partial charge on any atom is 0.495 e. The molecule has 4 nitrogen and oxygen atoms in total. The third-order valence-corrected chi connectivity index (χ3v) is 4.66. The normalized spacial score (nSPS) is 19.9. The van der Waals surface area contributed by atoms with Crippen LogP contribution < -0.4 is 10.2 Å². The van der Waals surface area contributed by atoms with E-state index in [1.165, 1.54) is 7.11 Å². The molecule has 0 spiro atoms. The minimum Gasteiger partial charge on any atom is -0.466 e. The van der Waals surface area contributed by atoms with E-state index in [9.17, 15) is 0 Å². The first-order chi connectivity index (χ1) is 9.68. The lowest BCUT2D eigenvalue weighted by atomic mass is 9.79. The van der Waals surface area contributed by atoms with Gasteiger partial charge in [0.15, 0.2) is 6.79 Å². The Hall–Kier alpha value is -0.455. The molecular formula is C14H19BCl2O4. The van der Waals surface area contributed by atoms with Gasteiger partial charge in [0.1, 0.15) is 10.8 Å². The molecule has 2 rings (SSSR count). The quantitative estimate of drug-likeness (QED) is 0.626. The summed E-state index contributed by atoms with van der Waals surface area (Å²) in [5, 5.41) is 0.726. The smallest absolute Gasteiger partial charge is 0.466 e. The zero-order valence-electron chi connectivity index (χ0n) is 12.8. The topological polar surface area (TPSA) is 36.9 Å². The monoisotopic (exact) mass is 332 g/mol. The van der Waals surface area contributed by atoms with Crippen molar-refractivity contribution < 1.29 is 18.8 Å². The second-order valence-corrected chi connectivity index (χ2v) is 6.74. The van der Waals surface area contributed by atoms with Crippen molar-refractivity contribution in [2.45, 2.75) is 38.9 Å². The first-order valence-electron chi connectivity index (χ1n) is 6.64. The Bertz CT molecular complexity index is 518. The van der Waals surface area contributed by atoms with Crippen molar-refractivity contribution in [2.75, 3.05) is 13.9 Å². The Morgan fingerprint density at radius 1 is 1.10 bits per heavy atom. The van der Waals surface area contributed by atoms with E-state index in [1.54, 1.807) is 12.1 Å². The molecule has 1 saturated heterocycles. The summed E-state index contributed by atoms with van der Waals surface area (Å²) in [5.74, 6) is 0.440. The molecule has 1 fully saturated rings. The van der Waals surface area contributed by atoms with Crippen molar-refractivity contribution in [3.63, 3.8) is 0 Å². The predicted octanol–water partition coefficient (Wildman–Crippen LogP) is 3.28. The predicted molar refractivity (Wildman–Crippen MR) is 84.7 cm³/mol. The van der Waals surface area contributed by atoms with Crippen molar-refractivity contribution >= 4 is 35.8 Å². The molecule has 0 unspecified atom stereocenters. The van der Waals surface area contributed by atoms with Gasteiger partial charge < -0.3 is 18.8 Å². The number of rotatable bonds is 4. The molecule has 116 valence electrons. The lowest BCUT2D eigenvalue weighted by Gasteiger charge is -2.32. The molecule has 0 aliphatic carbocycles. The van der Waals surface area contributed by atoms with Gasteiger partial charge in [-0.25, -0.2) is 0 Å². The summed E-state index contributed by atoms with van der Waals surface area (Å²) in [6.45, 7) is 8.06. The first-order valence-corrected chi connectivity index (χ1v) is 7.40. The average Bonchev–Trinajstić information content (AvgIpc) is 2.60. The van der Waals surface area contributed by atoms with Gasteiger partial charge in [-0.1, -0.05) is 23.2 Å². The lowest BCUT2D eigenvalue weighted by molar-refractivity contribution is 0.00578. The van der Waals surface area contributed by atoms with Crippen LogP contribution in [0.15, 0.2) is 12.1 Å². The average molecular weight is 333 g/mol. The molecule has 0 N–H and O–H groups in total. The van der Waals surface area contributed by atoms with Crippen molar-refractivity contribution in [3.05, 3.63) is 22.2 Å². The fraction of sp³-hybridized carbons (Fsp3) is 0.571. The molecule has 1 aliphatic heterocycles. The summed E-state index contributed by atoms with van der Waals surface area (Å²) in [6.07, 6.45) is 0. The highest BCUT2D eigenvalue weighted by Gasteiger charge is 2.51. The maximum absolute atomic E-state index is 6.15. The van der Waals surface area contributed by atoms with Crippen LogP contribution in [0.3, 0.4) is 0 Å². The standard InChI is InChI=1S/C14H19BCl2O4/c1-13(2)14(3,4)21-15(20-13)9-6-10(16)12(17)11(7-9)19-8-18-5/h6-7H,8H2,1-5H3. The summed E-state index contributed by atoms with van der Waals surface area (Å²) in [4.78, 5) is 0. The molecular weight excluding hydrogens is 314 g/mol. The van der Waals surface area contributed by atoms with Gasteiger partial charge in [-0.2, -0.15) is 0 Å². The van der Waals surface area contributed by atoms with E-state index in [4.69, 9.17) is 42.0 Å². The summed E-state index contributed by atoms with van der Waals surface area (Å²) in [5.41, 5.74) is -0.0802. The Labute approximate surface area is 135 Å². The zero-order chi connectivity index (χ0) is 15.8. The Kier molecular flexibility index (Phi) is 4.81. The fourth-order valence-corrected chi connectivity index (χ4v) is 2.31. The van der Waals surface area contributed by atoms with Crippen LogP contribution in [-0.4, -0.2) is 32.2 Å². The van der Waals surface area contributed by atoms with E-state index in [0.717, 1.165) is 5.46 Å². The van der Waals surface area contributed by atoms with Crippen LogP contribution in [0, 0.1) is 0 Å². The summed E-state index contributed by atoms with van der Waals surface area (Å²) in [6, 6.07) is 3.49. The largest absolute Gasteiger partial charge is 0.495 e. The minimum absolute atomic E-state index is 0.0862. The van der Waals surface area contributed by atoms with E-state index < -0.39 is 18.3 Å². The van der Waals surface area contributed by atoms with Crippen molar-refractivity contribution in [3.8, 4) is 5.75 Å². The highest BCUT2D eigenvalue weighted by atomic mass is 35.5. The Morgan fingerprint density at radius 2 is 1.67 bits per heavy atom. The minimum atomic E-state index is -0.519. The lowest BCUT2D eigenvalue weighted by Crippen LogP contribution is -2.41. The second-order valence-electron chi connectivity index (χ2n) is 5.95. The summed E-state index contributed by atoms with van der Waals surface area (Å²) < 4.78 is 22.3. The third-order valence-electron chi connectivity index (χ3n) is 3.87. The molecule has 0 saturated carbocycles. The van der Waals surface area contributed by atoms with Crippen molar-refractivity contribution in [1.82, 2.24) is 0 Å². The number of ether oxygens (including phenoxy) is 2. The maximum atomic E-state index is 6.15. The SMILES string of the molecule is COCOc1cc(B2OC(C)(C)C(C)(C)O2)cc(Cl)c1Cl. The fourth-order valence-electron chi connectivity index (χ4n) is 1.93. The van der Waals surface area contributed by atoms with Crippen LogP contribution in [0.1, 0.15) is 27.7 Å². The van der Waals surface area contributed by atoms with Gasteiger partial charge in [0, 0.05) is 7.11 Å². The summed E-state index contributed by atoms with van der Waals surface area (Å²) >= 11 is 12.3. The van der Waals surface area contributed by atoms with Crippen LogP contribution >= 0.6 is 23.2 Å². The van der Waals surface area contributed by atoms with Crippen LogP contribution in [0.2, 0.25) is 10.0 Å². The Balaban J connectivity index is 2.31. The van der Waals surface area contributed by atoms with Gasteiger partial charge in [-0.3, -0.25) is 0 Å². The number of benzene rings is 1. The molecule has 0 radical (unpaired) electrons. The molecule has 1 heterocycles. The highest BCUT2D eigenvalue weighted by Crippen LogP contribution is 2.38. The molecule has 7 heteroatoms. The number of hydrogen-bond acceptors (Lipinski definition) is 4. The summed E-state index contributed by atoms with van der Waals surface area (Å²) in [7, 11) is 1.02. The van der Waals surface area contributed by atoms with Gasteiger partial charge in [0.2, 0.25) is 0 Å². The molecule has 0 aromatic heterocycles. The molecule has 1 aromatic rings. The van der Waals surface area contributed by atoms with Crippen molar-refractivity contribution in [1.29, 1.82) is 0 Å². The zero-order valence-corrected chi connectivity index (χ0v) is 14.3.